The fourth-order valence-electron chi connectivity index (χ4n) is 3.54. The molecule has 0 saturated heterocycles. The summed E-state index contributed by atoms with van der Waals surface area (Å²) in [5.41, 5.74) is 4.93. The molecule has 0 bridgehead atoms. The van der Waals surface area contributed by atoms with E-state index >= 15 is 0 Å². The first-order valence-electron chi connectivity index (χ1n) is 9.31. The van der Waals surface area contributed by atoms with Gasteiger partial charge in [0.05, 0.1) is 36.6 Å². The third kappa shape index (κ3) is 3.58. The summed E-state index contributed by atoms with van der Waals surface area (Å²) in [6, 6.07) is 13.9. The van der Waals surface area contributed by atoms with E-state index < -0.39 is 0 Å². The van der Waals surface area contributed by atoms with Crippen LogP contribution >= 0.6 is 11.8 Å². The highest BCUT2D eigenvalue weighted by atomic mass is 32.2. The molecule has 1 aliphatic heterocycles. The first kappa shape index (κ1) is 19.4. The van der Waals surface area contributed by atoms with Crippen molar-refractivity contribution in [2.45, 2.75) is 19.1 Å². The van der Waals surface area contributed by atoms with Crippen LogP contribution in [-0.2, 0) is 4.79 Å². The van der Waals surface area contributed by atoms with Gasteiger partial charge in [0.1, 0.15) is 17.3 Å². The molecular formula is C22H23N3O3S. The monoisotopic (exact) mass is 409 g/mol. The maximum absolute atomic E-state index is 12.5. The van der Waals surface area contributed by atoms with Crippen molar-refractivity contribution < 1.29 is 14.3 Å². The molecule has 1 amide bonds. The van der Waals surface area contributed by atoms with Crippen LogP contribution in [0.15, 0.2) is 42.5 Å². The number of hydrogen-bond acceptors (Lipinski definition) is 5. The molecule has 0 aliphatic carbocycles. The van der Waals surface area contributed by atoms with Crippen molar-refractivity contribution in [3.8, 4) is 17.2 Å². The van der Waals surface area contributed by atoms with E-state index in [2.05, 4.69) is 5.32 Å². The molecule has 6 nitrogen and oxygen atoms in total. The quantitative estimate of drug-likeness (QED) is 0.697. The standard InChI is InChI=1S/C22H23N3O3S/c1-13-5-7-15(8-6-13)25-22-20(14(2)24-25)21(29-12-19(26)23-22)17-10-9-16(27-3)11-18(17)28-4/h5-11,21H,12H2,1-4H3,(H,23,26)/t21-/m1/s1. The zero-order valence-corrected chi connectivity index (χ0v) is 17.7. The Morgan fingerprint density at radius 2 is 1.86 bits per heavy atom. The predicted octanol–water partition coefficient (Wildman–Crippen LogP) is 4.28. The number of benzene rings is 2. The van der Waals surface area contributed by atoms with Gasteiger partial charge in [-0.25, -0.2) is 4.68 Å². The van der Waals surface area contributed by atoms with E-state index in [0.29, 0.717) is 11.6 Å². The smallest absolute Gasteiger partial charge is 0.235 e. The van der Waals surface area contributed by atoms with Gasteiger partial charge in [0, 0.05) is 17.2 Å². The summed E-state index contributed by atoms with van der Waals surface area (Å²) in [5.74, 6) is 2.47. The zero-order chi connectivity index (χ0) is 20.5. The lowest BCUT2D eigenvalue weighted by Gasteiger charge is -2.19. The molecule has 2 heterocycles. The van der Waals surface area contributed by atoms with E-state index in [-0.39, 0.29) is 11.2 Å². The summed E-state index contributed by atoms with van der Waals surface area (Å²) in [6.07, 6.45) is 0. The number of aryl methyl sites for hydroxylation is 2. The molecular weight excluding hydrogens is 386 g/mol. The molecule has 150 valence electrons. The van der Waals surface area contributed by atoms with Gasteiger partial charge >= 0.3 is 0 Å². The number of anilines is 1. The van der Waals surface area contributed by atoms with Crippen molar-refractivity contribution in [2.24, 2.45) is 0 Å². The zero-order valence-electron chi connectivity index (χ0n) is 16.9. The van der Waals surface area contributed by atoms with Crippen LogP contribution in [0, 0.1) is 13.8 Å². The molecule has 0 radical (unpaired) electrons. The molecule has 1 aromatic heterocycles. The number of methoxy groups -OCH3 is 2. The lowest BCUT2D eigenvalue weighted by Crippen LogP contribution is -2.15. The van der Waals surface area contributed by atoms with Crippen molar-refractivity contribution >= 4 is 23.5 Å². The van der Waals surface area contributed by atoms with Crippen molar-refractivity contribution in [3.05, 3.63) is 64.8 Å². The molecule has 3 aromatic rings. The Labute approximate surface area is 174 Å². The average molecular weight is 410 g/mol. The van der Waals surface area contributed by atoms with Crippen molar-refractivity contribution in [1.29, 1.82) is 0 Å². The minimum absolute atomic E-state index is 0.0421. The summed E-state index contributed by atoms with van der Waals surface area (Å²) < 4.78 is 12.8. The van der Waals surface area contributed by atoms with Crippen LogP contribution in [0.5, 0.6) is 11.5 Å². The second-order valence-electron chi connectivity index (χ2n) is 6.94. The van der Waals surface area contributed by atoms with E-state index in [0.717, 1.165) is 34.0 Å². The molecule has 1 atom stereocenters. The number of carbonyl (C=O) groups excluding carboxylic acids is 1. The maximum atomic E-state index is 12.5. The summed E-state index contributed by atoms with van der Waals surface area (Å²) in [4.78, 5) is 12.5. The summed E-state index contributed by atoms with van der Waals surface area (Å²) in [5, 5.41) is 7.72. The molecule has 4 rings (SSSR count). The van der Waals surface area contributed by atoms with Crippen LogP contribution < -0.4 is 14.8 Å². The number of rotatable bonds is 4. The van der Waals surface area contributed by atoms with Gasteiger partial charge in [-0.3, -0.25) is 4.79 Å². The first-order chi connectivity index (χ1) is 14.0. The van der Waals surface area contributed by atoms with E-state index in [1.807, 2.05) is 61.0 Å². The Morgan fingerprint density at radius 1 is 1.10 bits per heavy atom. The molecule has 1 aliphatic rings. The van der Waals surface area contributed by atoms with Crippen LogP contribution in [0.3, 0.4) is 0 Å². The van der Waals surface area contributed by atoms with E-state index in [9.17, 15) is 4.79 Å². The molecule has 0 unspecified atom stereocenters. The van der Waals surface area contributed by atoms with Crippen molar-refractivity contribution in [1.82, 2.24) is 9.78 Å². The largest absolute Gasteiger partial charge is 0.497 e. The van der Waals surface area contributed by atoms with Gasteiger partial charge in [-0.1, -0.05) is 23.8 Å². The Balaban J connectivity index is 1.88. The number of ether oxygens (including phenoxy) is 2. The molecule has 29 heavy (non-hydrogen) atoms. The van der Waals surface area contributed by atoms with E-state index in [1.165, 1.54) is 5.56 Å². The van der Waals surface area contributed by atoms with Gasteiger partial charge in [0.15, 0.2) is 0 Å². The first-order valence-corrected chi connectivity index (χ1v) is 10.4. The number of hydrogen-bond donors (Lipinski definition) is 1. The number of amides is 1. The molecule has 0 fully saturated rings. The van der Waals surface area contributed by atoms with Crippen molar-refractivity contribution in [2.75, 3.05) is 25.3 Å². The molecule has 7 heteroatoms. The SMILES string of the molecule is COc1ccc([C@H]2SCC(=O)Nc3c2c(C)nn3-c2ccc(C)cc2)c(OC)c1. The number of nitrogens with zero attached hydrogens (tertiary/aromatic N) is 2. The predicted molar refractivity (Wildman–Crippen MR) is 116 cm³/mol. The van der Waals surface area contributed by atoms with Crippen LogP contribution in [0.1, 0.15) is 27.6 Å². The highest BCUT2D eigenvalue weighted by molar-refractivity contribution is 8.00. The topological polar surface area (TPSA) is 65.4 Å². The van der Waals surface area contributed by atoms with Crippen LogP contribution in [0.4, 0.5) is 5.82 Å². The maximum Gasteiger partial charge on any atom is 0.235 e. The van der Waals surface area contributed by atoms with Gasteiger partial charge in [-0.2, -0.15) is 5.10 Å². The number of thioether (sulfide) groups is 1. The van der Waals surface area contributed by atoms with Gasteiger partial charge < -0.3 is 14.8 Å². The van der Waals surface area contributed by atoms with Crippen LogP contribution in [0.25, 0.3) is 5.69 Å². The number of carbonyl (C=O) groups is 1. The Bertz CT molecular complexity index is 1060. The second kappa shape index (κ2) is 7.83. The van der Waals surface area contributed by atoms with E-state index in [1.54, 1.807) is 26.0 Å². The summed E-state index contributed by atoms with van der Waals surface area (Å²) in [6.45, 7) is 4.02. The third-order valence-electron chi connectivity index (χ3n) is 5.01. The Morgan fingerprint density at radius 3 is 2.55 bits per heavy atom. The minimum Gasteiger partial charge on any atom is -0.497 e. The Hall–Kier alpha value is -2.93. The number of fused-ring (bicyclic) bond motifs is 1. The normalized spacial score (nSPS) is 16.0. The van der Waals surface area contributed by atoms with E-state index in [4.69, 9.17) is 14.6 Å². The summed E-state index contributed by atoms with van der Waals surface area (Å²) in [7, 11) is 3.28. The molecule has 1 N–H and O–H groups in total. The minimum atomic E-state index is -0.0935. The Kier molecular flexibility index (Phi) is 5.24. The van der Waals surface area contributed by atoms with Gasteiger partial charge in [-0.15, -0.1) is 11.8 Å². The highest BCUT2D eigenvalue weighted by Crippen LogP contribution is 2.47. The van der Waals surface area contributed by atoms with Crippen LogP contribution in [-0.4, -0.2) is 35.7 Å². The lowest BCUT2D eigenvalue weighted by molar-refractivity contribution is -0.113. The fourth-order valence-corrected chi connectivity index (χ4v) is 4.75. The molecule has 0 saturated carbocycles. The average Bonchev–Trinajstić information content (AvgIpc) is 2.93. The molecule has 2 aromatic carbocycles. The number of aromatic nitrogens is 2. The van der Waals surface area contributed by atoms with Crippen molar-refractivity contribution in [3.63, 3.8) is 0 Å². The molecule has 0 spiro atoms. The van der Waals surface area contributed by atoms with Crippen LogP contribution in [0.2, 0.25) is 0 Å². The summed E-state index contributed by atoms with van der Waals surface area (Å²) >= 11 is 1.57. The van der Waals surface area contributed by atoms with Gasteiger partial charge in [0.25, 0.3) is 0 Å². The second-order valence-corrected chi connectivity index (χ2v) is 8.04. The highest BCUT2D eigenvalue weighted by Gasteiger charge is 2.32. The third-order valence-corrected chi connectivity index (χ3v) is 6.26. The van der Waals surface area contributed by atoms with Gasteiger partial charge in [-0.05, 0) is 32.0 Å². The fraction of sp³-hybridized carbons (Fsp3) is 0.273. The number of nitrogens with one attached hydrogen (secondary N) is 1. The van der Waals surface area contributed by atoms with Gasteiger partial charge in [0.2, 0.25) is 5.91 Å². The lowest BCUT2D eigenvalue weighted by atomic mass is 10.0.